The van der Waals surface area contributed by atoms with Crippen molar-refractivity contribution >= 4 is 39.1 Å². The minimum absolute atomic E-state index is 0.0584. The molecule has 3 aromatic carbocycles. The van der Waals surface area contributed by atoms with Crippen LogP contribution in [-0.4, -0.2) is 32.5 Å². The number of nitrogens with zero attached hydrogens (tertiary/aromatic N) is 1. The largest absolute Gasteiger partial charge is 0.315 e. The summed E-state index contributed by atoms with van der Waals surface area (Å²) in [6.45, 7) is 3.52. The second kappa shape index (κ2) is 10.6. The molecule has 4 rings (SSSR count). The normalized spacial score (nSPS) is 17.4. The number of anilines is 1. The van der Waals surface area contributed by atoms with E-state index in [4.69, 9.17) is 11.6 Å². The van der Waals surface area contributed by atoms with E-state index < -0.39 is 27.7 Å². The fourth-order valence-corrected chi connectivity index (χ4v) is 7.06. The SMILES string of the molecule is C[C@H](c1ccccc1CC1CNCCS1)N(c1cc(F)ccc1F)S(=O)(=O)c1ccc(Cl)cc1. The van der Waals surface area contributed by atoms with Crippen molar-refractivity contribution in [3.63, 3.8) is 0 Å². The molecule has 9 heteroatoms. The number of hydrogen-bond donors (Lipinski definition) is 1. The zero-order valence-corrected chi connectivity index (χ0v) is 20.9. The van der Waals surface area contributed by atoms with Crippen LogP contribution < -0.4 is 9.62 Å². The Morgan fingerprint density at radius 1 is 1.12 bits per heavy atom. The average Bonchev–Trinajstić information content (AvgIpc) is 2.82. The molecule has 0 aromatic heterocycles. The maximum atomic E-state index is 15.0. The highest BCUT2D eigenvalue weighted by Crippen LogP contribution is 2.37. The van der Waals surface area contributed by atoms with E-state index in [1.807, 2.05) is 36.0 Å². The van der Waals surface area contributed by atoms with Crippen LogP contribution in [0.5, 0.6) is 0 Å². The van der Waals surface area contributed by atoms with Gasteiger partial charge in [0, 0.05) is 35.2 Å². The Balaban J connectivity index is 1.81. The first-order valence-electron chi connectivity index (χ1n) is 10.9. The van der Waals surface area contributed by atoms with Crippen LogP contribution in [0.25, 0.3) is 0 Å². The summed E-state index contributed by atoms with van der Waals surface area (Å²) in [4.78, 5) is -0.0584. The van der Waals surface area contributed by atoms with Crippen molar-refractivity contribution in [1.29, 1.82) is 0 Å². The molecule has 2 atom stereocenters. The van der Waals surface area contributed by atoms with Crippen LogP contribution >= 0.6 is 23.4 Å². The van der Waals surface area contributed by atoms with Gasteiger partial charge in [0.1, 0.15) is 11.6 Å². The Labute approximate surface area is 208 Å². The molecule has 3 aromatic rings. The fourth-order valence-electron chi connectivity index (χ4n) is 4.17. The molecule has 1 N–H and O–H groups in total. The topological polar surface area (TPSA) is 49.4 Å². The molecule has 1 unspecified atom stereocenters. The van der Waals surface area contributed by atoms with Gasteiger partial charge in [-0.3, -0.25) is 4.31 Å². The predicted octanol–water partition coefficient (Wildman–Crippen LogP) is 5.82. The van der Waals surface area contributed by atoms with Crippen LogP contribution in [0.2, 0.25) is 5.02 Å². The monoisotopic (exact) mass is 522 g/mol. The number of hydrogen-bond acceptors (Lipinski definition) is 4. The average molecular weight is 523 g/mol. The van der Waals surface area contributed by atoms with Gasteiger partial charge in [0.2, 0.25) is 0 Å². The van der Waals surface area contributed by atoms with E-state index >= 15 is 0 Å². The molecule has 1 heterocycles. The van der Waals surface area contributed by atoms with Crippen molar-refractivity contribution < 1.29 is 17.2 Å². The van der Waals surface area contributed by atoms with Gasteiger partial charge in [-0.05, 0) is 60.9 Å². The maximum absolute atomic E-state index is 15.0. The Kier molecular flexibility index (Phi) is 7.82. The zero-order chi connectivity index (χ0) is 24.3. The molecule has 0 bridgehead atoms. The highest BCUT2D eigenvalue weighted by Gasteiger charge is 2.34. The van der Waals surface area contributed by atoms with Gasteiger partial charge in [0.15, 0.2) is 0 Å². The molecule has 180 valence electrons. The molecule has 1 fully saturated rings. The van der Waals surface area contributed by atoms with Crippen LogP contribution in [-0.2, 0) is 16.4 Å². The summed E-state index contributed by atoms with van der Waals surface area (Å²) in [5.74, 6) is -0.540. The number of nitrogens with one attached hydrogen (secondary N) is 1. The minimum atomic E-state index is -4.26. The second-order valence-corrected chi connectivity index (χ2v) is 11.8. The smallest absolute Gasteiger partial charge is 0.264 e. The molecule has 0 aliphatic carbocycles. The highest BCUT2D eigenvalue weighted by atomic mass is 35.5. The van der Waals surface area contributed by atoms with E-state index in [2.05, 4.69) is 5.32 Å². The van der Waals surface area contributed by atoms with Crippen molar-refractivity contribution in [1.82, 2.24) is 5.32 Å². The molecule has 1 aliphatic rings. The molecule has 4 nitrogen and oxygen atoms in total. The van der Waals surface area contributed by atoms with Gasteiger partial charge in [-0.15, -0.1) is 0 Å². The summed E-state index contributed by atoms with van der Waals surface area (Å²) in [6.07, 6.45) is 0.735. The van der Waals surface area contributed by atoms with Gasteiger partial charge in [-0.2, -0.15) is 11.8 Å². The van der Waals surface area contributed by atoms with Crippen molar-refractivity contribution in [3.8, 4) is 0 Å². The molecule has 0 spiro atoms. The van der Waals surface area contributed by atoms with E-state index in [0.717, 1.165) is 58.9 Å². The summed E-state index contributed by atoms with van der Waals surface area (Å²) >= 11 is 7.83. The third-order valence-electron chi connectivity index (χ3n) is 5.82. The van der Waals surface area contributed by atoms with E-state index in [9.17, 15) is 17.2 Å². The first-order valence-corrected chi connectivity index (χ1v) is 13.8. The minimum Gasteiger partial charge on any atom is -0.315 e. The molecule has 0 amide bonds. The van der Waals surface area contributed by atoms with Crippen LogP contribution in [0.1, 0.15) is 24.1 Å². The summed E-state index contributed by atoms with van der Waals surface area (Å²) in [7, 11) is -4.26. The van der Waals surface area contributed by atoms with E-state index in [1.165, 1.54) is 24.3 Å². The van der Waals surface area contributed by atoms with E-state index in [-0.39, 0.29) is 10.6 Å². The zero-order valence-electron chi connectivity index (χ0n) is 18.5. The molecule has 1 saturated heterocycles. The van der Waals surface area contributed by atoms with Gasteiger partial charge >= 0.3 is 0 Å². The summed E-state index contributed by atoms with van der Waals surface area (Å²) in [5.41, 5.74) is 1.38. The number of halogens is 3. The summed E-state index contributed by atoms with van der Waals surface area (Å²) < 4.78 is 57.7. The van der Waals surface area contributed by atoms with E-state index in [0.29, 0.717) is 10.3 Å². The third-order valence-corrected chi connectivity index (χ3v) is 9.22. The van der Waals surface area contributed by atoms with E-state index in [1.54, 1.807) is 6.92 Å². The standard InChI is InChI=1S/C25H25ClF2N2O2S2/c1-17(23-5-3-2-4-18(23)14-21-16-29-12-13-33-21)30(25-15-20(27)8-11-24(25)28)34(31,32)22-9-6-19(26)7-10-22/h2-11,15,17,21,29H,12-14,16H2,1H3/t17-,21?/m1/s1. The lowest BCUT2D eigenvalue weighted by molar-refractivity contribution is 0.569. The Hall–Kier alpha value is -2.13. The van der Waals surface area contributed by atoms with Crippen LogP contribution in [0.3, 0.4) is 0 Å². The van der Waals surface area contributed by atoms with Crippen LogP contribution in [0.15, 0.2) is 71.6 Å². The lowest BCUT2D eigenvalue weighted by Crippen LogP contribution is -2.36. The van der Waals surface area contributed by atoms with Crippen LogP contribution in [0, 0.1) is 11.6 Å². The fraction of sp³-hybridized carbons (Fsp3) is 0.280. The number of benzene rings is 3. The Bertz CT molecular complexity index is 1250. The second-order valence-electron chi connectivity index (χ2n) is 8.13. The summed E-state index contributed by atoms with van der Waals surface area (Å²) in [5, 5.41) is 4.10. The first-order chi connectivity index (χ1) is 16.3. The maximum Gasteiger partial charge on any atom is 0.264 e. The quantitative estimate of drug-likeness (QED) is 0.424. The van der Waals surface area contributed by atoms with Crippen molar-refractivity contribution in [2.45, 2.75) is 29.5 Å². The molecule has 34 heavy (non-hydrogen) atoms. The molecular weight excluding hydrogens is 498 g/mol. The van der Waals surface area contributed by atoms with Crippen molar-refractivity contribution in [2.24, 2.45) is 0 Å². The van der Waals surface area contributed by atoms with Gasteiger partial charge in [-0.25, -0.2) is 17.2 Å². The van der Waals surface area contributed by atoms with Gasteiger partial charge < -0.3 is 5.32 Å². The number of sulfonamides is 1. The van der Waals surface area contributed by atoms with Gasteiger partial charge in [0.25, 0.3) is 10.0 Å². The summed E-state index contributed by atoms with van der Waals surface area (Å²) in [6, 6.07) is 15.2. The molecule has 1 aliphatic heterocycles. The first kappa shape index (κ1) is 25.0. The molecule has 0 radical (unpaired) electrons. The molecule has 0 saturated carbocycles. The lowest BCUT2D eigenvalue weighted by Gasteiger charge is -2.33. The van der Waals surface area contributed by atoms with Crippen molar-refractivity contribution in [3.05, 3.63) is 94.5 Å². The van der Waals surface area contributed by atoms with Crippen molar-refractivity contribution in [2.75, 3.05) is 23.1 Å². The van der Waals surface area contributed by atoms with Gasteiger partial charge in [0.05, 0.1) is 16.6 Å². The van der Waals surface area contributed by atoms with Gasteiger partial charge in [-0.1, -0.05) is 35.9 Å². The third kappa shape index (κ3) is 5.40. The lowest BCUT2D eigenvalue weighted by atomic mass is 9.97. The number of thioether (sulfide) groups is 1. The molecular formula is C25H25ClF2N2O2S2. The predicted molar refractivity (Wildman–Crippen MR) is 135 cm³/mol. The Morgan fingerprint density at radius 2 is 1.85 bits per heavy atom. The number of rotatable bonds is 7. The van der Waals surface area contributed by atoms with Crippen LogP contribution in [0.4, 0.5) is 14.5 Å². The highest BCUT2D eigenvalue weighted by molar-refractivity contribution is 8.00. The Morgan fingerprint density at radius 3 is 2.56 bits per heavy atom.